The number of hydrogen-bond donors (Lipinski definition) is 4. The van der Waals surface area contributed by atoms with Crippen LogP contribution < -0.4 is 0 Å². The standard InChI is InChI=1S/C40H52O4Si4/c1-45(2,3)25-21-37(41)29-17-13-14-18-30(29)38(42,22-26-46(4,5)6)34-33(37)35-36(34)40(44,24-28-48(10,11)12)32-20-16-15-19-31(32)39(35,43)23-27-47(7,8)9/h13-20,33-36,41-44H,1-12H3/t33?,34?,35?,36?,37-,38+,39-,40+. The van der Waals surface area contributed by atoms with Crippen LogP contribution in [-0.2, 0) is 22.4 Å². The lowest BCUT2D eigenvalue weighted by Crippen LogP contribution is -2.76. The zero-order valence-electron chi connectivity index (χ0n) is 30.7. The monoisotopic (exact) mass is 708 g/mol. The van der Waals surface area contributed by atoms with Gasteiger partial charge in [0.1, 0.15) is 32.3 Å². The maximum Gasteiger partial charge on any atom is 0.154 e. The third-order valence-electron chi connectivity index (χ3n) is 9.49. The van der Waals surface area contributed by atoms with Crippen LogP contribution in [0.25, 0.3) is 0 Å². The van der Waals surface area contributed by atoms with E-state index in [1.807, 2.05) is 48.5 Å². The van der Waals surface area contributed by atoms with Crippen LogP contribution in [0.3, 0.4) is 0 Å². The molecule has 3 aliphatic carbocycles. The van der Waals surface area contributed by atoms with E-state index in [0.29, 0.717) is 22.3 Å². The number of rotatable bonds is 0. The van der Waals surface area contributed by atoms with Gasteiger partial charge >= 0.3 is 0 Å². The van der Waals surface area contributed by atoms with Crippen molar-refractivity contribution in [1.29, 1.82) is 0 Å². The van der Waals surface area contributed by atoms with Gasteiger partial charge in [0, 0.05) is 45.9 Å². The molecule has 0 aromatic heterocycles. The van der Waals surface area contributed by atoms with Crippen LogP contribution >= 0.6 is 0 Å². The molecule has 3 aliphatic rings. The van der Waals surface area contributed by atoms with Gasteiger partial charge in [0.2, 0.25) is 0 Å². The summed E-state index contributed by atoms with van der Waals surface area (Å²) in [6.07, 6.45) is 0. The summed E-state index contributed by atoms with van der Waals surface area (Å²) in [5.74, 6) is 10.1. The van der Waals surface area contributed by atoms with E-state index in [1.165, 1.54) is 0 Å². The molecule has 0 spiro atoms. The average molecular weight is 709 g/mol. The van der Waals surface area contributed by atoms with Crippen molar-refractivity contribution >= 4 is 32.3 Å². The van der Waals surface area contributed by atoms with Crippen molar-refractivity contribution in [1.82, 2.24) is 0 Å². The Morgan fingerprint density at radius 2 is 0.542 bits per heavy atom. The third kappa shape index (κ3) is 6.28. The van der Waals surface area contributed by atoms with E-state index >= 15 is 0 Å². The number of fused-ring (bicyclic) bond motifs is 6. The predicted octanol–water partition coefficient (Wildman–Crippen LogP) is 6.17. The zero-order valence-corrected chi connectivity index (χ0v) is 34.7. The first-order valence-corrected chi connectivity index (χ1v) is 31.0. The molecule has 0 saturated heterocycles. The van der Waals surface area contributed by atoms with Gasteiger partial charge in [-0.05, 0) is 0 Å². The minimum atomic E-state index is -2.01. The van der Waals surface area contributed by atoms with Gasteiger partial charge in [0.25, 0.3) is 0 Å². The van der Waals surface area contributed by atoms with E-state index < -0.39 is 78.4 Å². The lowest BCUT2D eigenvalue weighted by molar-refractivity contribution is -0.293. The summed E-state index contributed by atoms with van der Waals surface area (Å²) in [6.45, 7) is 25.6. The Morgan fingerprint density at radius 1 is 0.375 bits per heavy atom. The Kier molecular flexibility index (Phi) is 8.75. The molecule has 1 saturated carbocycles. The van der Waals surface area contributed by atoms with Crippen LogP contribution in [-0.4, -0.2) is 52.7 Å². The highest BCUT2D eigenvalue weighted by Gasteiger charge is 2.79. The molecule has 0 heterocycles. The molecule has 0 bridgehead atoms. The van der Waals surface area contributed by atoms with Gasteiger partial charge < -0.3 is 20.4 Å². The summed E-state index contributed by atoms with van der Waals surface area (Å²) in [7, 11) is -8.04. The molecule has 5 rings (SSSR count). The fourth-order valence-electron chi connectivity index (χ4n) is 7.57. The topological polar surface area (TPSA) is 80.9 Å². The molecule has 0 radical (unpaired) electrons. The van der Waals surface area contributed by atoms with Gasteiger partial charge in [0.15, 0.2) is 22.4 Å². The highest BCUT2D eigenvalue weighted by Crippen LogP contribution is 2.73. The molecule has 48 heavy (non-hydrogen) atoms. The third-order valence-corrected chi connectivity index (χ3v) is 13.0. The van der Waals surface area contributed by atoms with Crippen molar-refractivity contribution in [2.75, 3.05) is 0 Å². The van der Waals surface area contributed by atoms with Gasteiger partial charge in [-0.2, -0.15) is 0 Å². The van der Waals surface area contributed by atoms with E-state index in [9.17, 15) is 20.4 Å². The van der Waals surface area contributed by atoms with E-state index in [0.717, 1.165) is 0 Å². The molecular weight excluding hydrogens is 657 g/mol. The predicted molar refractivity (Wildman–Crippen MR) is 207 cm³/mol. The smallest absolute Gasteiger partial charge is 0.154 e. The molecular formula is C40H52O4Si4. The SMILES string of the molecule is C[Si](C)(C)C#C[C@@]1(O)c2ccccc2[C@@](O)(C#C[Si](C)(C)C)C2C1C1C2[C@](O)(C#C[Si](C)(C)C)c2ccccc2[C@]1(O)C#C[Si](C)(C)C. The van der Waals surface area contributed by atoms with Gasteiger partial charge in [-0.1, -0.05) is 151 Å². The fourth-order valence-corrected chi connectivity index (χ4v) is 9.84. The summed E-state index contributed by atoms with van der Waals surface area (Å²) < 4.78 is 0. The molecule has 4 N–H and O–H groups in total. The van der Waals surface area contributed by atoms with Crippen molar-refractivity contribution < 1.29 is 20.4 Å². The van der Waals surface area contributed by atoms with Crippen LogP contribution in [0.1, 0.15) is 22.3 Å². The van der Waals surface area contributed by atoms with Crippen LogP contribution in [0.5, 0.6) is 0 Å². The summed E-state index contributed by atoms with van der Waals surface area (Å²) in [5, 5.41) is 52.6. The highest BCUT2D eigenvalue weighted by molar-refractivity contribution is 6.85. The van der Waals surface area contributed by atoms with Crippen LogP contribution in [0.4, 0.5) is 0 Å². The second kappa shape index (κ2) is 11.5. The second-order valence-corrected chi connectivity index (χ2v) is 37.3. The minimum absolute atomic E-state index is 0.499. The molecule has 0 amide bonds. The highest BCUT2D eigenvalue weighted by atomic mass is 28.3. The molecule has 4 unspecified atom stereocenters. The Bertz CT molecular complexity index is 1610. The molecule has 8 atom stereocenters. The van der Waals surface area contributed by atoms with E-state index in [-0.39, 0.29) is 0 Å². The van der Waals surface area contributed by atoms with E-state index in [2.05, 4.69) is 124 Å². The van der Waals surface area contributed by atoms with Crippen molar-refractivity contribution in [2.45, 2.75) is 101 Å². The summed E-state index contributed by atoms with van der Waals surface area (Å²) >= 11 is 0. The normalized spacial score (nSPS) is 33.5. The number of aliphatic hydroxyl groups is 4. The first kappa shape index (κ1) is 36.7. The number of benzene rings is 2. The zero-order chi connectivity index (χ0) is 35.9. The summed E-state index contributed by atoms with van der Waals surface area (Å²) in [5.41, 5.74) is 8.76. The first-order valence-electron chi connectivity index (χ1n) is 17.0. The summed E-state index contributed by atoms with van der Waals surface area (Å²) in [4.78, 5) is 0. The van der Waals surface area contributed by atoms with E-state index in [4.69, 9.17) is 0 Å². The molecule has 252 valence electrons. The van der Waals surface area contributed by atoms with Crippen LogP contribution in [0.15, 0.2) is 48.5 Å². The van der Waals surface area contributed by atoms with E-state index in [1.54, 1.807) is 0 Å². The van der Waals surface area contributed by atoms with Gasteiger partial charge in [-0.15, -0.1) is 22.2 Å². The van der Waals surface area contributed by atoms with Gasteiger partial charge in [-0.3, -0.25) is 0 Å². The Morgan fingerprint density at radius 3 is 0.688 bits per heavy atom. The van der Waals surface area contributed by atoms with Crippen LogP contribution in [0, 0.1) is 69.5 Å². The summed E-state index contributed by atoms with van der Waals surface area (Å²) in [6, 6.07) is 14.7. The molecule has 4 nitrogen and oxygen atoms in total. The maximum absolute atomic E-state index is 13.2. The van der Waals surface area contributed by atoms with Crippen molar-refractivity contribution in [2.24, 2.45) is 23.7 Å². The Labute approximate surface area is 292 Å². The van der Waals surface area contributed by atoms with Gasteiger partial charge in [0.05, 0.1) is 0 Å². The van der Waals surface area contributed by atoms with Crippen molar-refractivity contribution in [3.8, 4) is 45.9 Å². The van der Waals surface area contributed by atoms with Crippen molar-refractivity contribution in [3.05, 3.63) is 70.8 Å². The molecule has 8 heteroatoms. The lowest BCUT2D eigenvalue weighted by Gasteiger charge is -2.70. The van der Waals surface area contributed by atoms with Gasteiger partial charge in [-0.25, -0.2) is 0 Å². The largest absolute Gasteiger partial charge is 0.373 e. The maximum atomic E-state index is 13.2. The lowest BCUT2D eigenvalue weighted by atomic mass is 9.34. The average Bonchev–Trinajstić information content (AvgIpc) is 2.94. The Balaban J connectivity index is 1.97. The minimum Gasteiger partial charge on any atom is -0.373 e. The van der Waals surface area contributed by atoms with Crippen LogP contribution in [0.2, 0.25) is 78.6 Å². The first-order chi connectivity index (χ1) is 21.8. The number of hydrogen-bond acceptors (Lipinski definition) is 4. The molecule has 1 fully saturated rings. The molecule has 2 aromatic carbocycles. The molecule has 2 aromatic rings. The Hall–Kier alpha value is -2.61. The quantitative estimate of drug-likeness (QED) is 0.195. The fraction of sp³-hybridized carbons (Fsp3) is 0.500. The second-order valence-electron chi connectivity index (χ2n) is 18.3. The molecule has 0 aliphatic heterocycles. The van der Waals surface area contributed by atoms with Crippen molar-refractivity contribution in [3.63, 3.8) is 0 Å².